The maximum atomic E-state index is 5.14. The number of aromatic nitrogens is 5. The summed E-state index contributed by atoms with van der Waals surface area (Å²) < 4.78 is 6.89. The Labute approximate surface area is 122 Å². The molecule has 0 bridgehead atoms. The van der Waals surface area contributed by atoms with E-state index in [-0.39, 0.29) is 0 Å². The fourth-order valence-electron chi connectivity index (χ4n) is 2.06. The summed E-state index contributed by atoms with van der Waals surface area (Å²) in [4.78, 5) is 8.46. The summed E-state index contributed by atoms with van der Waals surface area (Å²) in [6.07, 6.45) is 1.52. The summed E-state index contributed by atoms with van der Waals surface area (Å²) in [5.41, 5.74) is 2.56. The first-order valence-corrected chi connectivity index (χ1v) is 6.73. The molecule has 0 amide bonds. The average molecular weight is 284 g/mol. The number of hydrogen-bond donors (Lipinski definition) is 1. The zero-order chi connectivity index (χ0) is 14.7. The maximum Gasteiger partial charge on any atom is 0.183 e. The molecular formula is C14H16N6O. The van der Waals surface area contributed by atoms with E-state index < -0.39 is 0 Å². The van der Waals surface area contributed by atoms with Crippen LogP contribution in [0.2, 0.25) is 0 Å². The van der Waals surface area contributed by atoms with Gasteiger partial charge in [0.15, 0.2) is 17.0 Å². The van der Waals surface area contributed by atoms with E-state index in [1.54, 1.807) is 11.8 Å². The molecule has 0 spiro atoms. The van der Waals surface area contributed by atoms with E-state index in [2.05, 4.69) is 25.6 Å². The number of ether oxygens (including phenoxy) is 1. The van der Waals surface area contributed by atoms with Crippen molar-refractivity contribution in [2.75, 3.05) is 12.4 Å². The molecule has 2 aromatic heterocycles. The fraction of sp³-hybridized carbons (Fsp3) is 0.286. The molecule has 0 aliphatic carbocycles. The van der Waals surface area contributed by atoms with Crippen molar-refractivity contribution >= 4 is 17.0 Å². The van der Waals surface area contributed by atoms with Crippen molar-refractivity contribution in [3.05, 3.63) is 36.2 Å². The summed E-state index contributed by atoms with van der Waals surface area (Å²) in [5.74, 6) is 1.53. The van der Waals surface area contributed by atoms with Gasteiger partial charge in [0.1, 0.15) is 12.1 Å². The van der Waals surface area contributed by atoms with Gasteiger partial charge in [-0.15, -0.1) is 5.10 Å². The molecule has 108 valence electrons. The van der Waals surface area contributed by atoms with Crippen molar-refractivity contribution < 1.29 is 4.74 Å². The lowest BCUT2D eigenvalue weighted by atomic mass is 10.2. The number of aryl methyl sites for hydroxylation is 1. The lowest BCUT2D eigenvalue weighted by Crippen LogP contribution is -2.03. The highest BCUT2D eigenvalue weighted by molar-refractivity contribution is 5.81. The van der Waals surface area contributed by atoms with Gasteiger partial charge in [0.2, 0.25) is 0 Å². The highest BCUT2D eigenvalue weighted by Gasteiger charge is 2.10. The molecule has 0 radical (unpaired) electrons. The van der Waals surface area contributed by atoms with Gasteiger partial charge in [-0.25, -0.2) is 14.6 Å². The Morgan fingerprint density at radius 1 is 1.19 bits per heavy atom. The molecule has 0 fully saturated rings. The van der Waals surface area contributed by atoms with Crippen LogP contribution in [0.3, 0.4) is 0 Å². The molecule has 21 heavy (non-hydrogen) atoms. The average Bonchev–Trinajstić information content (AvgIpc) is 2.97. The standard InChI is InChI=1S/C14H16N6O/c1-3-20-14-12(18-19-20)13(16-9-17-14)15-8-10-4-6-11(21-2)7-5-10/h4-7,9H,3,8H2,1-2H3,(H,15,16,17). The number of anilines is 1. The van der Waals surface area contributed by atoms with Crippen molar-refractivity contribution in [3.63, 3.8) is 0 Å². The van der Waals surface area contributed by atoms with Crippen molar-refractivity contribution in [3.8, 4) is 5.75 Å². The monoisotopic (exact) mass is 284 g/mol. The number of nitrogens with one attached hydrogen (secondary N) is 1. The smallest absolute Gasteiger partial charge is 0.183 e. The molecule has 7 heteroatoms. The molecule has 0 aliphatic rings. The second-order valence-electron chi connectivity index (χ2n) is 4.50. The van der Waals surface area contributed by atoms with Gasteiger partial charge < -0.3 is 10.1 Å². The van der Waals surface area contributed by atoms with Crippen LogP contribution in [-0.2, 0) is 13.1 Å². The van der Waals surface area contributed by atoms with Crippen LogP contribution in [0.5, 0.6) is 5.75 Å². The van der Waals surface area contributed by atoms with Gasteiger partial charge >= 0.3 is 0 Å². The number of hydrogen-bond acceptors (Lipinski definition) is 6. The normalized spacial score (nSPS) is 10.8. The Balaban J connectivity index is 1.79. The number of rotatable bonds is 5. The van der Waals surface area contributed by atoms with Gasteiger partial charge in [0.05, 0.1) is 7.11 Å². The summed E-state index contributed by atoms with van der Waals surface area (Å²) in [7, 11) is 1.65. The number of methoxy groups -OCH3 is 1. The number of nitrogens with zero attached hydrogens (tertiary/aromatic N) is 5. The quantitative estimate of drug-likeness (QED) is 0.770. The molecular weight excluding hydrogens is 268 g/mol. The first-order chi connectivity index (χ1) is 10.3. The molecule has 0 unspecified atom stereocenters. The minimum Gasteiger partial charge on any atom is -0.497 e. The Morgan fingerprint density at radius 2 is 2.00 bits per heavy atom. The third kappa shape index (κ3) is 2.62. The van der Waals surface area contributed by atoms with Gasteiger partial charge in [-0.3, -0.25) is 0 Å². The molecule has 0 aliphatic heterocycles. The zero-order valence-electron chi connectivity index (χ0n) is 11.9. The topological polar surface area (TPSA) is 77.8 Å². The third-order valence-electron chi connectivity index (χ3n) is 3.22. The van der Waals surface area contributed by atoms with Gasteiger partial charge in [-0.05, 0) is 24.6 Å². The van der Waals surface area contributed by atoms with Crippen LogP contribution in [0.1, 0.15) is 12.5 Å². The van der Waals surface area contributed by atoms with E-state index >= 15 is 0 Å². The molecule has 0 atom stereocenters. The highest BCUT2D eigenvalue weighted by Crippen LogP contribution is 2.17. The summed E-state index contributed by atoms with van der Waals surface area (Å²) in [6.45, 7) is 3.38. The van der Waals surface area contributed by atoms with Gasteiger partial charge in [0, 0.05) is 13.1 Å². The van der Waals surface area contributed by atoms with Crippen LogP contribution < -0.4 is 10.1 Å². The van der Waals surface area contributed by atoms with Crippen molar-refractivity contribution in [2.24, 2.45) is 0 Å². The molecule has 2 heterocycles. The summed E-state index contributed by atoms with van der Waals surface area (Å²) >= 11 is 0. The van der Waals surface area contributed by atoms with Crippen molar-refractivity contribution in [1.29, 1.82) is 0 Å². The lowest BCUT2D eigenvalue weighted by molar-refractivity contribution is 0.414. The van der Waals surface area contributed by atoms with Crippen molar-refractivity contribution in [2.45, 2.75) is 20.0 Å². The Morgan fingerprint density at radius 3 is 2.71 bits per heavy atom. The molecule has 7 nitrogen and oxygen atoms in total. The van der Waals surface area contributed by atoms with Crippen LogP contribution in [0, 0.1) is 0 Å². The first-order valence-electron chi connectivity index (χ1n) is 6.73. The van der Waals surface area contributed by atoms with E-state index in [9.17, 15) is 0 Å². The molecule has 3 rings (SSSR count). The molecule has 0 saturated carbocycles. The predicted octanol–water partition coefficient (Wildman–Crippen LogP) is 1.86. The van der Waals surface area contributed by atoms with Gasteiger partial charge in [-0.2, -0.15) is 0 Å². The summed E-state index contributed by atoms with van der Waals surface area (Å²) in [6, 6.07) is 7.88. The fourth-order valence-corrected chi connectivity index (χ4v) is 2.06. The second-order valence-corrected chi connectivity index (χ2v) is 4.50. The van der Waals surface area contributed by atoms with E-state index in [1.165, 1.54) is 6.33 Å². The first kappa shape index (κ1) is 13.3. The molecule has 1 N–H and O–H groups in total. The van der Waals surface area contributed by atoms with Crippen LogP contribution in [-0.4, -0.2) is 32.1 Å². The number of fused-ring (bicyclic) bond motifs is 1. The zero-order valence-corrected chi connectivity index (χ0v) is 11.9. The Kier molecular flexibility index (Phi) is 3.63. The van der Waals surface area contributed by atoms with Crippen LogP contribution in [0.4, 0.5) is 5.82 Å². The highest BCUT2D eigenvalue weighted by atomic mass is 16.5. The predicted molar refractivity (Wildman–Crippen MR) is 79.1 cm³/mol. The Hall–Kier alpha value is -2.70. The molecule has 0 saturated heterocycles. The van der Waals surface area contributed by atoms with E-state index in [1.807, 2.05) is 31.2 Å². The van der Waals surface area contributed by atoms with Gasteiger partial charge in [0.25, 0.3) is 0 Å². The minimum absolute atomic E-state index is 0.648. The third-order valence-corrected chi connectivity index (χ3v) is 3.22. The molecule has 1 aromatic carbocycles. The van der Waals surface area contributed by atoms with E-state index in [0.29, 0.717) is 17.9 Å². The minimum atomic E-state index is 0.648. The number of benzene rings is 1. The Bertz CT molecular complexity index is 737. The van der Waals surface area contributed by atoms with Crippen molar-refractivity contribution in [1.82, 2.24) is 25.0 Å². The van der Waals surface area contributed by atoms with E-state index in [0.717, 1.165) is 23.5 Å². The van der Waals surface area contributed by atoms with Crippen LogP contribution >= 0.6 is 0 Å². The van der Waals surface area contributed by atoms with Crippen LogP contribution in [0.25, 0.3) is 11.2 Å². The SMILES string of the molecule is CCn1nnc2c(NCc3ccc(OC)cc3)ncnc21. The lowest BCUT2D eigenvalue weighted by Gasteiger charge is -2.06. The van der Waals surface area contributed by atoms with E-state index in [4.69, 9.17) is 4.74 Å². The maximum absolute atomic E-state index is 5.14. The molecule has 3 aromatic rings. The summed E-state index contributed by atoms with van der Waals surface area (Å²) in [5, 5.41) is 11.5. The van der Waals surface area contributed by atoms with Crippen LogP contribution in [0.15, 0.2) is 30.6 Å². The largest absolute Gasteiger partial charge is 0.497 e. The van der Waals surface area contributed by atoms with Gasteiger partial charge in [-0.1, -0.05) is 17.3 Å². The second kappa shape index (κ2) is 5.74.